The highest BCUT2D eigenvalue weighted by atomic mass is 35.5. The summed E-state index contributed by atoms with van der Waals surface area (Å²) in [5, 5.41) is 6.44. The quantitative estimate of drug-likeness (QED) is 0.848. The summed E-state index contributed by atoms with van der Waals surface area (Å²) in [7, 11) is 0. The number of aromatic nitrogens is 2. The molecule has 0 spiro atoms. The normalized spacial score (nSPS) is 16.6. The summed E-state index contributed by atoms with van der Waals surface area (Å²) in [6.45, 7) is 3.03. The Labute approximate surface area is 100 Å². The third-order valence-corrected chi connectivity index (χ3v) is 2.63. The van der Waals surface area contributed by atoms with Crippen LogP contribution in [0.1, 0.15) is 12.8 Å². The Balaban J connectivity index is 0.00000128. The van der Waals surface area contributed by atoms with Crippen LogP contribution in [-0.4, -0.2) is 29.6 Å². The van der Waals surface area contributed by atoms with Crippen LogP contribution in [0.2, 0.25) is 0 Å². The van der Waals surface area contributed by atoms with E-state index in [-0.39, 0.29) is 12.4 Å². The van der Waals surface area contributed by atoms with Gasteiger partial charge in [0.05, 0.1) is 12.4 Å². The molecule has 1 aliphatic rings. The third kappa shape index (κ3) is 3.90. The maximum Gasteiger partial charge on any atom is 0.222 e. The molecule has 0 atom stereocenters. The molecule has 1 aromatic heterocycles. The average Bonchev–Trinajstić information content (AvgIpc) is 2.30. The first kappa shape index (κ1) is 13.1. The van der Waals surface area contributed by atoms with Crippen LogP contribution in [0.15, 0.2) is 12.4 Å². The van der Waals surface area contributed by atoms with Crippen LogP contribution in [0.25, 0.3) is 0 Å². The monoisotopic (exact) mass is 246 g/mol. The van der Waals surface area contributed by atoms with E-state index in [1.54, 1.807) is 0 Å². The Hall–Kier alpha value is -0.940. The molecule has 16 heavy (non-hydrogen) atoms. The fraction of sp³-hybridized carbons (Fsp3) is 0.600. The second kappa shape index (κ2) is 6.60. The summed E-state index contributed by atoms with van der Waals surface area (Å²) >= 11 is 0. The summed E-state index contributed by atoms with van der Waals surface area (Å²) in [5.41, 5.74) is 0. The number of hydrogen-bond donors (Lipinski definition) is 2. The lowest BCUT2D eigenvalue weighted by Gasteiger charge is -2.22. The van der Waals surface area contributed by atoms with Gasteiger partial charge < -0.3 is 10.6 Å². The zero-order valence-electron chi connectivity index (χ0n) is 8.95. The first-order valence-electron chi connectivity index (χ1n) is 5.27. The molecule has 0 aliphatic carbocycles. The van der Waals surface area contributed by atoms with Crippen molar-refractivity contribution in [3.05, 3.63) is 18.2 Å². The highest BCUT2D eigenvalue weighted by molar-refractivity contribution is 5.85. The molecule has 0 bridgehead atoms. The van der Waals surface area contributed by atoms with Crippen molar-refractivity contribution in [3.8, 4) is 0 Å². The number of hydrogen-bond acceptors (Lipinski definition) is 4. The molecule has 4 nitrogen and oxygen atoms in total. The molecule has 0 radical (unpaired) electrons. The zero-order chi connectivity index (χ0) is 10.5. The molecule has 6 heteroatoms. The summed E-state index contributed by atoms with van der Waals surface area (Å²) in [6.07, 6.45) is 4.71. The van der Waals surface area contributed by atoms with Crippen LogP contribution < -0.4 is 10.6 Å². The summed E-state index contributed by atoms with van der Waals surface area (Å²) in [4.78, 5) is 7.70. The van der Waals surface area contributed by atoms with Gasteiger partial charge in [-0.2, -0.15) is 0 Å². The lowest BCUT2D eigenvalue weighted by Crippen LogP contribution is -2.31. The maximum absolute atomic E-state index is 12.5. The van der Waals surface area contributed by atoms with E-state index in [0.717, 1.165) is 19.6 Å². The van der Waals surface area contributed by atoms with E-state index in [2.05, 4.69) is 20.6 Å². The standard InChI is InChI=1S/C10H15FN4.ClH/c11-9-6-14-10(15-7-9)13-5-8-1-3-12-4-2-8;/h6-8,12H,1-5H2,(H,13,14,15);1H. The first-order chi connectivity index (χ1) is 7.34. The van der Waals surface area contributed by atoms with Gasteiger partial charge in [-0.15, -0.1) is 12.4 Å². The van der Waals surface area contributed by atoms with Gasteiger partial charge in [0.15, 0.2) is 5.82 Å². The number of anilines is 1. The minimum atomic E-state index is -0.401. The second-order valence-corrected chi connectivity index (χ2v) is 3.80. The van der Waals surface area contributed by atoms with Crippen molar-refractivity contribution in [3.63, 3.8) is 0 Å². The van der Waals surface area contributed by atoms with E-state index in [0.29, 0.717) is 11.9 Å². The Morgan fingerprint density at radius 2 is 1.94 bits per heavy atom. The van der Waals surface area contributed by atoms with Gasteiger partial charge in [-0.1, -0.05) is 0 Å². The number of rotatable bonds is 3. The largest absolute Gasteiger partial charge is 0.354 e. The van der Waals surface area contributed by atoms with Crippen LogP contribution in [0.4, 0.5) is 10.3 Å². The summed E-state index contributed by atoms with van der Waals surface area (Å²) in [5.74, 6) is 0.775. The molecule has 0 aromatic carbocycles. The molecule has 1 saturated heterocycles. The van der Waals surface area contributed by atoms with E-state index in [4.69, 9.17) is 0 Å². The maximum atomic E-state index is 12.5. The lowest BCUT2D eigenvalue weighted by atomic mass is 9.98. The molecule has 90 valence electrons. The van der Waals surface area contributed by atoms with E-state index < -0.39 is 5.82 Å². The van der Waals surface area contributed by atoms with Crippen LogP contribution >= 0.6 is 12.4 Å². The molecule has 0 amide bonds. The lowest BCUT2D eigenvalue weighted by molar-refractivity contribution is 0.389. The van der Waals surface area contributed by atoms with E-state index in [1.165, 1.54) is 25.2 Å². The molecule has 2 rings (SSSR count). The Kier molecular flexibility index (Phi) is 5.42. The van der Waals surface area contributed by atoms with Gasteiger partial charge in [0.2, 0.25) is 5.95 Å². The summed E-state index contributed by atoms with van der Waals surface area (Å²) in [6, 6.07) is 0. The molecular weight excluding hydrogens is 231 g/mol. The number of halogens is 2. The molecule has 2 N–H and O–H groups in total. The smallest absolute Gasteiger partial charge is 0.222 e. The van der Waals surface area contributed by atoms with Crippen LogP contribution in [0, 0.1) is 11.7 Å². The number of nitrogens with one attached hydrogen (secondary N) is 2. The Morgan fingerprint density at radius 3 is 2.56 bits per heavy atom. The van der Waals surface area contributed by atoms with Gasteiger partial charge in [-0.3, -0.25) is 0 Å². The molecule has 1 aromatic rings. The van der Waals surface area contributed by atoms with Crippen molar-refractivity contribution in [2.45, 2.75) is 12.8 Å². The van der Waals surface area contributed by atoms with E-state index >= 15 is 0 Å². The average molecular weight is 247 g/mol. The van der Waals surface area contributed by atoms with Crippen molar-refractivity contribution < 1.29 is 4.39 Å². The predicted octanol–water partition coefficient (Wildman–Crippen LogP) is 1.45. The summed E-state index contributed by atoms with van der Waals surface area (Å²) < 4.78 is 12.5. The van der Waals surface area contributed by atoms with E-state index in [9.17, 15) is 4.39 Å². The Bertz CT molecular complexity index is 300. The van der Waals surface area contributed by atoms with Crippen molar-refractivity contribution in [1.82, 2.24) is 15.3 Å². The van der Waals surface area contributed by atoms with E-state index in [1.807, 2.05) is 0 Å². The van der Waals surface area contributed by atoms with Gasteiger partial charge in [-0.25, -0.2) is 14.4 Å². The van der Waals surface area contributed by atoms with Crippen molar-refractivity contribution in [2.75, 3.05) is 25.0 Å². The highest BCUT2D eigenvalue weighted by Crippen LogP contribution is 2.11. The first-order valence-corrected chi connectivity index (χ1v) is 5.27. The molecule has 0 unspecified atom stereocenters. The zero-order valence-corrected chi connectivity index (χ0v) is 9.76. The molecule has 1 aliphatic heterocycles. The minimum Gasteiger partial charge on any atom is -0.354 e. The fourth-order valence-corrected chi connectivity index (χ4v) is 1.73. The van der Waals surface area contributed by atoms with Crippen LogP contribution in [-0.2, 0) is 0 Å². The predicted molar refractivity (Wildman–Crippen MR) is 63.3 cm³/mol. The molecule has 2 heterocycles. The molecule has 1 fully saturated rings. The SMILES string of the molecule is Cl.Fc1cnc(NCC2CCNCC2)nc1. The van der Waals surface area contributed by atoms with Crippen molar-refractivity contribution >= 4 is 18.4 Å². The third-order valence-electron chi connectivity index (χ3n) is 2.63. The van der Waals surface area contributed by atoms with Gasteiger partial charge in [0.1, 0.15) is 0 Å². The van der Waals surface area contributed by atoms with Crippen LogP contribution in [0.5, 0.6) is 0 Å². The van der Waals surface area contributed by atoms with Gasteiger partial charge in [0, 0.05) is 6.54 Å². The topological polar surface area (TPSA) is 49.8 Å². The highest BCUT2D eigenvalue weighted by Gasteiger charge is 2.12. The van der Waals surface area contributed by atoms with Gasteiger partial charge >= 0.3 is 0 Å². The number of piperidine rings is 1. The number of nitrogens with zero attached hydrogens (tertiary/aromatic N) is 2. The fourth-order valence-electron chi connectivity index (χ4n) is 1.73. The second-order valence-electron chi connectivity index (χ2n) is 3.80. The van der Waals surface area contributed by atoms with Gasteiger partial charge in [0.25, 0.3) is 0 Å². The van der Waals surface area contributed by atoms with Crippen molar-refractivity contribution in [1.29, 1.82) is 0 Å². The van der Waals surface area contributed by atoms with Gasteiger partial charge in [-0.05, 0) is 31.8 Å². The molecule has 0 saturated carbocycles. The van der Waals surface area contributed by atoms with Crippen LogP contribution in [0.3, 0.4) is 0 Å². The minimum absolute atomic E-state index is 0. The Morgan fingerprint density at radius 1 is 1.31 bits per heavy atom. The molecular formula is C10H16ClFN4. The van der Waals surface area contributed by atoms with Crippen molar-refractivity contribution in [2.24, 2.45) is 5.92 Å².